The van der Waals surface area contributed by atoms with Crippen LogP contribution in [0.2, 0.25) is 0 Å². The van der Waals surface area contributed by atoms with Crippen LogP contribution in [-0.4, -0.2) is 37.6 Å². The predicted molar refractivity (Wildman–Crippen MR) is 73.4 cm³/mol. The fourth-order valence-corrected chi connectivity index (χ4v) is 2.84. The van der Waals surface area contributed by atoms with Gasteiger partial charge in [0.25, 0.3) is 0 Å². The molecule has 0 atom stereocenters. The molecule has 0 N–H and O–H groups in total. The first-order valence-corrected chi connectivity index (χ1v) is 7.19. The average Bonchev–Trinajstić information content (AvgIpc) is 2.38. The zero-order valence-electron chi connectivity index (χ0n) is 10.1. The second-order valence-electron chi connectivity index (χ2n) is 4.29. The fraction of sp³-hybridized carbons (Fsp3) is 0.538. The maximum Gasteiger partial charge on any atom is 0.129 e. The van der Waals surface area contributed by atoms with Crippen LogP contribution in [0.5, 0.6) is 0 Å². The summed E-state index contributed by atoms with van der Waals surface area (Å²) in [5.41, 5.74) is 1.81. The van der Waals surface area contributed by atoms with Gasteiger partial charge in [0.15, 0.2) is 0 Å². The summed E-state index contributed by atoms with van der Waals surface area (Å²) in [6, 6.07) is 5.34. The maximum atomic E-state index is 13.7. The highest BCUT2D eigenvalue weighted by atomic mass is 79.9. The molecule has 1 saturated heterocycles. The van der Waals surface area contributed by atoms with E-state index in [2.05, 4.69) is 32.7 Å². The van der Waals surface area contributed by atoms with Crippen LogP contribution < -0.4 is 4.90 Å². The van der Waals surface area contributed by atoms with Crippen molar-refractivity contribution in [2.24, 2.45) is 0 Å². The number of alkyl halides is 1. The first-order valence-electron chi connectivity index (χ1n) is 6.07. The molecule has 0 saturated carbocycles. The number of hydrogen-bond donors (Lipinski definition) is 0. The quantitative estimate of drug-likeness (QED) is 0.792. The lowest BCUT2D eigenvalue weighted by atomic mass is 10.1. The molecular weight excluding hydrogens is 283 g/mol. The summed E-state index contributed by atoms with van der Waals surface area (Å²) >= 11 is 3.37. The molecule has 0 amide bonds. The van der Waals surface area contributed by atoms with Crippen molar-refractivity contribution in [3.05, 3.63) is 29.6 Å². The second-order valence-corrected chi connectivity index (χ2v) is 4.85. The summed E-state index contributed by atoms with van der Waals surface area (Å²) in [7, 11) is 0. The Morgan fingerprint density at radius 2 is 1.94 bits per heavy atom. The largest absolute Gasteiger partial charge is 0.369 e. The van der Waals surface area contributed by atoms with Gasteiger partial charge < -0.3 is 9.80 Å². The number of likely N-dealkylation sites (N-methyl/N-ethyl adjacent to an activating group) is 1. The molecule has 2 nitrogen and oxygen atoms in total. The van der Waals surface area contributed by atoms with Gasteiger partial charge in [0.1, 0.15) is 5.82 Å². The van der Waals surface area contributed by atoms with Crippen LogP contribution >= 0.6 is 15.9 Å². The highest BCUT2D eigenvalue weighted by Gasteiger charge is 2.19. The van der Waals surface area contributed by atoms with Gasteiger partial charge in [0.05, 0.1) is 0 Å². The number of rotatable bonds is 3. The number of halogens is 2. The highest BCUT2D eigenvalue weighted by molar-refractivity contribution is 9.08. The summed E-state index contributed by atoms with van der Waals surface area (Å²) in [5.74, 6) is -0.114. The van der Waals surface area contributed by atoms with Gasteiger partial charge >= 0.3 is 0 Å². The molecule has 1 aromatic carbocycles. The fourth-order valence-electron chi connectivity index (χ4n) is 2.28. The summed E-state index contributed by atoms with van der Waals surface area (Å²) in [5, 5.41) is 0.572. The van der Waals surface area contributed by atoms with Gasteiger partial charge in [0, 0.05) is 42.8 Å². The van der Waals surface area contributed by atoms with Crippen molar-refractivity contribution in [1.82, 2.24) is 4.90 Å². The lowest BCUT2D eigenvalue weighted by Crippen LogP contribution is -2.46. The van der Waals surface area contributed by atoms with E-state index in [1.54, 1.807) is 6.07 Å². The lowest BCUT2D eigenvalue weighted by Gasteiger charge is -2.36. The molecule has 17 heavy (non-hydrogen) atoms. The smallest absolute Gasteiger partial charge is 0.129 e. The van der Waals surface area contributed by atoms with E-state index in [0.717, 1.165) is 44.0 Å². The Bertz CT molecular complexity index is 376. The second kappa shape index (κ2) is 5.83. The zero-order valence-corrected chi connectivity index (χ0v) is 11.7. The number of anilines is 1. The monoisotopic (exact) mass is 300 g/mol. The topological polar surface area (TPSA) is 6.48 Å². The van der Waals surface area contributed by atoms with Gasteiger partial charge in [-0.15, -0.1) is 0 Å². The molecule has 4 heteroatoms. The van der Waals surface area contributed by atoms with Crippen LogP contribution in [0.3, 0.4) is 0 Å². The molecule has 1 fully saturated rings. The van der Waals surface area contributed by atoms with Gasteiger partial charge in [-0.1, -0.05) is 28.9 Å². The van der Waals surface area contributed by atoms with Gasteiger partial charge in [-0.3, -0.25) is 0 Å². The molecule has 1 heterocycles. The van der Waals surface area contributed by atoms with E-state index in [9.17, 15) is 4.39 Å². The van der Waals surface area contributed by atoms with E-state index < -0.39 is 0 Å². The Morgan fingerprint density at radius 3 is 2.53 bits per heavy atom. The van der Waals surface area contributed by atoms with Crippen LogP contribution in [0.25, 0.3) is 0 Å². The van der Waals surface area contributed by atoms with Crippen LogP contribution in [0, 0.1) is 5.82 Å². The molecule has 1 aromatic rings. The van der Waals surface area contributed by atoms with Crippen LogP contribution in [-0.2, 0) is 5.33 Å². The molecule has 0 aromatic heterocycles. The van der Waals surface area contributed by atoms with Crippen LogP contribution in [0.15, 0.2) is 18.2 Å². The van der Waals surface area contributed by atoms with Gasteiger partial charge in [-0.05, 0) is 18.7 Å². The summed E-state index contributed by atoms with van der Waals surface area (Å²) < 4.78 is 13.7. The molecule has 0 radical (unpaired) electrons. The third kappa shape index (κ3) is 2.80. The highest BCUT2D eigenvalue weighted by Crippen LogP contribution is 2.26. The van der Waals surface area contributed by atoms with E-state index in [1.807, 2.05) is 6.07 Å². The molecule has 94 valence electrons. The standard InChI is InChI=1S/C13H18BrFN2/c1-2-16-6-8-17(9-7-16)13-5-3-4-12(15)11(13)10-14/h3-5H,2,6-10H2,1H3. The summed E-state index contributed by atoms with van der Waals surface area (Å²) in [6.45, 7) is 7.38. The molecule has 1 aliphatic rings. The Hall–Kier alpha value is -0.610. The van der Waals surface area contributed by atoms with Crippen molar-refractivity contribution >= 4 is 21.6 Å². The van der Waals surface area contributed by atoms with E-state index in [4.69, 9.17) is 0 Å². The maximum absolute atomic E-state index is 13.7. The van der Waals surface area contributed by atoms with E-state index in [-0.39, 0.29) is 5.82 Å². The molecular formula is C13H18BrFN2. The van der Waals surface area contributed by atoms with Gasteiger partial charge in [-0.2, -0.15) is 0 Å². The number of benzene rings is 1. The summed E-state index contributed by atoms with van der Waals surface area (Å²) in [6.07, 6.45) is 0. The molecule has 0 spiro atoms. The Balaban J connectivity index is 2.15. The molecule has 1 aliphatic heterocycles. The van der Waals surface area contributed by atoms with Gasteiger partial charge in [-0.25, -0.2) is 4.39 Å². The Kier molecular flexibility index (Phi) is 4.40. The molecule has 2 rings (SSSR count). The van der Waals surface area contributed by atoms with E-state index >= 15 is 0 Å². The Labute approximate surface area is 111 Å². The summed E-state index contributed by atoms with van der Waals surface area (Å²) in [4.78, 5) is 4.70. The third-order valence-corrected chi connectivity index (χ3v) is 3.95. The van der Waals surface area contributed by atoms with E-state index in [1.165, 1.54) is 6.07 Å². The van der Waals surface area contributed by atoms with Crippen molar-refractivity contribution in [2.75, 3.05) is 37.6 Å². The predicted octanol–water partition coefficient (Wildman–Crippen LogP) is 2.86. The minimum Gasteiger partial charge on any atom is -0.369 e. The SMILES string of the molecule is CCN1CCN(c2cccc(F)c2CBr)CC1. The number of hydrogen-bond acceptors (Lipinski definition) is 2. The van der Waals surface area contributed by atoms with Crippen molar-refractivity contribution in [2.45, 2.75) is 12.3 Å². The van der Waals surface area contributed by atoms with Crippen molar-refractivity contribution < 1.29 is 4.39 Å². The normalized spacial score (nSPS) is 17.5. The number of piperazine rings is 1. The zero-order chi connectivity index (χ0) is 12.3. The molecule has 0 bridgehead atoms. The first kappa shape index (κ1) is 12.8. The first-order chi connectivity index (χ1) is 8.26. The molecule has 0 unspecified atom stereocenters. The number of nitrogens with zero attached hydrogens (tertiary/aromatic N) is 2. The van der Waals surface area contributed by atoms with Crippen LogP contribution in [0.1, 0.15) is 12.5 Å². The van der Waals surface area contributed by atoms with Gasteiger partial charge in [0.2, 0.25) is 0 Å². The average molecular weight is 301 g/mol. The van der Waals surface area contributed by atoms with E-state index in [0.29, 0.717) is 5.33 Å². The lowest BCUT2D eigenvalue weighted by molar-refractivity contribution is 0.271. The Morgan fingerprint density at radius 1 is 1.24 bits per heavy atom. The minimum atomic E-state index is -0.114. The van der Waals surface area contributed by atoms with Crippen molar-refractivity contribution in [1.29, 1.82) is 0 Å². The molecule has 0 aliphatic carbocycles. The third-order valence-electron chi connectivity index (χ3n) is 3.39. The van der Waals surface area contributed by atoms with Crippen molar-refractivity contribution in [3.63, 3.8) is 0 Å². The van der Waals surface area contributed by atoms with Crippen molar-refractivity contribution in [3.8, 4) is 0 Å². The minimum absolute atomic E-state index is 0.114. The van der Waals surface area contributed by atoms with Crippen LogP contribution in [0.4, 0.5) is 10.1 Å².